The van der Waals surface area contributed by atoms with Crippen molar-refractivity contribution in [2.24, 2.45) is 5.92 Å². The molecule has 0 radical (unpaired) electrons. The summed E-state index contributed by atoms with van der Waals surface area (Å²) in [6.07, 6.45) is 4.01. The first-order valence-corrected chi connectivity index (χ1v) is 4.70. The zero-order valence-corrected chi connectivity index (χ0v) is 8.83. The Kier molecular flexibility index (Phi) is 3.24. The highest BCUT2D eigenvalue weighted by Crippen LogP contribution is 2.12. The van der Waals surface area contributed by atoms with Crippen LogP contribution in [0, 0.1) is 12.8 Å². The molecule has 0 N–H and O–H groups in total. The predicted molar refractivity (Wildman–Crippen MR) is 57.5 cm³/mol. The van der Waals surface area contributed by atoms with Crippen LogP contribution in [0.4, 0.5) is 0 Å². The van der Waals surface area contributed by atoms with Crippen LogP contribution < -0.4 is 0 Å². The number of allylic oxidation sites excluding steroid dienone is 1. The Morgan fingerprint density at radius 3 is 2.69 bits per heavy atom. The highest BCUT2D eigenvalue weighted by Gasteiger charge is 1.97. The maximum absolute atomic E-state index is 4.29. The number of aryl methyl sites for hydroxylation is 1. The lowest BCUT2D eigenvalue weighted by Gasteiger charge is -2.04. The zero-order valence-electron chi connectivity index (χ0n) is 8.83. The lowest BCUT2D eigenvalue weighted by atomic mass is 10.0. The summed E-state index contributed by atoms with van der Waals surface area (Å²) in [5.41, 5.74) is 3.70. The monoisotopic (exact) mass is 175 g/mol. The summed E-state index contributed by atoms with van der Waals surface area (Å²) >= 11 is 0. The molecule has 0 bridgehead atoms. The molecule has 13 heavy (non-hydrogen) atoms. The summed E-state index contributed by atoms with van der Waals surface area (Å²) in [5, 5.41) is 0. The van der Waals surface area contributed by atoms with Crippen molar-refractivity contribution < 1.29 is 0 Å². The van der Waals surface area contributed by atoms with Gasteiger partial charge >= 0.3 is 0 Å². The summed E-state index contributed by atoms with van der Waals surface area (Å²) in [4.78, 5) is 4.29. The third-order valence-electron chi connectivity index (χ3n) is 2.22. The van der Waals surface area contributed by atoms with Gasteiger partial charge in [-0.2, -0.15) is 0 Å². The fourth-order valence-electron chi connectivity index (χ4n) is 1.04. The Hall–Kier alpha value is -1.11. The maximum Gasteiger partial charge on any atom is 0.0631 e. The summed E-state index contributed by atoms with van der Waals surface area (Å²) in [6.45, 7) is 8.63. The van der Waals surface area contributed by atoms with Crippen LogP contribution in [-0.2, 0) is 0 Å². The standard InChI is InChI=1S/C12H17N/c1-9(2)11(4)8-12-7-10(3)5-6-13-12/h5-9H,1-4H3/b11-8+. The van der Waals surface area contributed by atoms with Gasteiger partial charge in [-0.25, -0.2) is 0 Å². The maximum atomic E-state index is 4.29. The van der Waals surface area contributed by atoms with Crippen LogP contribution in [0.1, 0.15) is 32.0 Å². The van der Waals surface area contributed by atoms with Crippen LogP contribution in [0.25, 0.3) is 6.08 Å². The molecule has 1 heteroatoms. The molecule has 1 aromatic rings. The van der Waals surface area contributed by atoms with Gasteiger partial charge in [-0.15, -0.1) is 0 Å². The van der Waals surface area contributed by atoms with Crippen LogP contribution in [0.3, 0.4) is 0 Å². The van der Waals surface area contributed by atoms with Gasteiger partial charge in [0.05, 0.1) is 5.69 Å². The van der Waals surface area contributed by atoms with E-state index < -0.39 is 0 Å². The van der Waals surface area contributed by atoms with E-state index in [1.165, 1.54) is 11.1 Å². The third kappa shape index (κ3) is 3.02. The van der Waals surface area contributed by atoms with E-state index in [1.54, 1.807) is 0 Å². The molecule has 0 unspecified atom stereocenters. The molecule has 0 aromatic carbocycles. The number of hydrogen-bond donors (Lipinski definition) is 0. The van der Waals surface area contributed by atoms with Gasteiger partial charge in [-0.05, 0) is 43.5 Å². The van der Waals surface area contributed by atoms with Crippen molar-refractivity contribution in [3.05, 3.63) is 35.2 Å². The molecule has 70 valence electrons. The first-order valence-electron chi connectivity index (χ1n) is 4.70. The average molecular weight is 175 g/mol. The van der Waals surface area contributed by atoms with Crippen molar-refractivity contribution in [2.75, 3.05) is 0 Å². The number of hydrogen-bond acceptors (Lipinski definition) is 1. The van der Waals surface area contributed by atoms with Gasteiger partial charge in [-0.3, -0.25) is 4.98 Å². The van der Waals surface area contributed by atoms with Crippen molar-refractivity contribution >= 4 is 6.08 Å². The Morgan fingerprint density at radius 1 is 1.46 bits per heavy atom. The molecule has 1 heterocycles. The SMILES string of the molecule is C/C(=C\c1cc(C)ccn1)C(C)C. The Labute approximate surface area is 80.5 Å². The highest BCUT2D eigenvalue weighted by atomic mass is 14.7. The lowest BCUT2D eigenvalue weighted by Crippen LogP contribution is -1.89. The van der Waals surface area contributed by atoms with Crippen LogP contribution >= 0.6 is 0 Å². The second kappa shape index (κ2) is 4.22. The van der Waals surface area contributed by atoms with E-state index in [9.17, 15) is 0 Å². The van der Waals surface area contributed by atoms with Crippen LogP contribution in [0.5, 0.6) is 0 Å². The number of pyridine rings is 1. The summed E-state index contributed by atoms with van der Waals surface area (Å²) in [6, 6.07) is 4.12. The summed E-state index contributed by atoms with van der Waals surface area (Å²) in [5.74, 6) is 0.599. The highest BCUT2D eigenvalue weighted by molar-refractivity contribution is 5.49. The van der Waals surface area contributed by atoms with E-state index in [0.29, 0.717) is 5.92 Å². The lowest BCUT2D eigenvalue weighted by molar-refractivity contribution is 0.775. The minimum absolute atomic E-state index is 0.599. The Bertz CT molecular complexity index is 311. The first kappa shape index (κ1) is 9.97. The second-order valence-corrected chi connectivity index (χ2v) is 3.80. The van der Waals surface area contributed by atoms with Crippen LogP contribution in [0.2, 0.25) is 0 Å². The second-order valence-electron chi connectivity index (χ2n) is 3.80. The molecule has 0 fully saturated rings. The molecule has 0 saturated heterocycles. The van der Waals surface area contributed by atoms with Crippen molar-refractivity contribution in [2.45, 2.75) is 27.7 Å². The van der Waals surface area contributed by atoms with E-state index in [2.05, 4.69) is 44.8 Å². The van der Waals surface area contributed by atoms with E-state index in [-0.39, 0.29) is 0 Å². The number of nitrogens with zero attached hydrogens (tertiary/aromatic N) is 1. The molecular weight excluding hydrogens is 158 g/mol. The number of aromatic nitrogens is 1. The predicted octanol–water partition coefficient (Wildman–Crippen LogP) is 3.45. The first-order chi connectivity index (χ1) is 6.09. The normalized spacial score (nSPS) is 12.2. The molecule has 1 rings (SSSR count). The quantitative estimate of drug-likeness (QED) is 0.671. The molecule has 0 aliphatic carbocycles. The molecular formula is C12H17N. The fourth-order valence-corrected chi connectivity index (χ4v) is 1.04. The van der Waals surface area contributed by atoms with Gasteiger partial charge in [-0.1, -0.05) is 19.4 Å². The molecule has 0 aliphatic heterocycles. The largest absolute Gasteiger partial charge is 0.257 e. The van der Waals surface area contributed by atoms with Crippen molar-refractivity contribution in [1.82, 2.24) is 4.98 Å². The van der Waals surface area contributed by atoms with Crippen molar-refractivity contribution in [3.8, 4) is 0 Å². The Balaban J connectivity index is 2.91. The van der Waals surface area contributed by atoms with E-state index in [0.717, 1.165) is 5.69 Å². The smallest absolute Gasteiger partial charge is 0.0631 e. The molecule has 0 aliphatic rings. The molecule has 0 saturated carbocycles. The Morgan fingerprint density at radius 2 is 2.15 bits per heavy atom. The average Bonchev–Trinajstić information content (AvgIpc) is 2.04. The van der Waals surface area contributed by atoms with Gasteiger partial charge in [0, 0.05) is 6.20 Å². The van der Waals surface area contributed by atoms with Gasteiger partial charge in [0.25, 0.3) is 0 Å². The molecule has 0 spiro atoms. The molecule has 0 amide bonds. The zero-order chi connectivity index (χ0) is 9.84. The third-order valence-corrected chi connectivity index (χ3v) is 2.22. The van der Waals surface area contributed by atoms with Crippen molar-refractivity contribution in [1.29, 1.82) is 0 Å². The van der Waals surface area contributed by atoms with Gasteiger partial charge in [0.15, 0.2) is 0 Å². The van der Waals surface area contributed by atoms with Gasteiger partial charge in [0.2, 0.25) is 0 Å². The summed E-state index contributed by atoms with van der Waals surface area (Å²) < 4.78 is 0. The van der Waals surface area contributed by atoms with Crippen LogP contribution in [-0.4, -0.2) is 4.98 Å². The van der Waals surface area contributed by atoms with E-state index in [1.807, 2.05) is 12.3 Å². The van der Waals surface area contributed by atoms with E-state index >= 15 is 0 Å². The fraction of sp³-hybridized carbons (Fsp3) is 0.417. The molecule has 1 nitrogen and oxygen atoms in total. The van der Waals surface area contributed by atoms with Crippen LogP contribution in [0.15, 0.2) is 23.9 Å². The van der Waals surface area contributed by atoms with Gasteiger partial charge < -0.3 is 0 Å². The number of rotatable bonds is 2. The van der Waals surface area contributed by atoms with Gasteiger partial charge in [0.1, 0.15) is 0 Å². The summed E-state index contributed by atoms with van der Waals surface area (Å²) in [7, 11) is 0. The minimum atomic E-state index is 0.599. The topological polar surface area (TPSA) is 12.9 Å². The molecule has 0 atom stereocenters. The minimum Gasteiger partial charge on any atom is -0.257 e. The van der Waals surface area contributed by atoms with E-state index in [4.69, 9.17) is 0 Å². The molecule has 1 aromatic heterocycles. The van der Waals surface area contributed by atoms with Crippen molar-refractivity contribution in [3.63, 3.8) is 0 Å².